The van der Waals surface area contributed by atoms with Crippen molar-refractivity contribution in [3.63, 3.8) is 0 Å². The zero-order chi connectivity index (χ0) is 24.8. The largest absolute Gasteiger partial charge is 0.459 e. The van der Waals surface area contributed by atoms with E-state index in [0.717, 1.165) is 0 Å². The molecule has 0 fully saturated rings. The second-order valence-corrected chi connectivity index (χ2v) is 8.66. The fourth-order valence-corrected chi connectivity index (χ4v) is 3.11. The molecule has 180 valence electrons. The Balaban J connectivity index is 1.95. The van der Waals surface area contributed by atoms with E-state index in [1.807, 2.05) is 27.7 Å². The molecule has 10 nitrogen and oxygen atoms in total. The van der Waals surface area contributed by atoms with Crippen molar-refractivity contribution in [2.75, 3.05) is 13.2 Å². The molecule has 34 heavy (non-hydrogen) atoms. The number of ether oxygens (including phenoxy) is 2. The normalized spacial score (nSPS) is 20.1. The topological polar surface area (TPSA) is 137 Å². The lowest BCUT2D eigenvalue weighted by atomic mass is 10.0. The Hall–Kier alpha value is -3.82. The molecule has 0 radical (unpaired) electrons. The SMILES string of the molecule is CC(C)[C@@H]1COC(=O)c2cccc(n2)C(=O)OC[C@@H](C(C)C)NC(=O)c2cccc(n2)C(=O)N1. The van der Waals surface area contributed by atoms with Crippen molar-refractivity contribution < 1.29 is 28.7 Å². The molecule has 1 aliphatic heterocycles. The van der Waals surface area contributed by atoms with Gasteiger partial charge in [0.1, 0.15) is 36.0 Å². The van der Waals surface area contributed by atoms with E-state index in [1.165, 1.54) is 30.3 Å². The van der Waals surface area contributed by atoms with Crippen LogP contribution < -0.4 is 10.6 Å². The zero-order valence-electron chi connectivity index (χ0n) is 19.5. The third kappa shape index (κ3) is 6.15. The van der Waals surface area contributed by atoms with Crippen LogP contribution in [-0.4, -0.2) is 59.0 Å². The van der Waals surface area contributed by atoms with Gasteiger partial charge in [0.2, 0.25) is 0 Å². The quantitative estimate of drug-likeness (QED) is 0.639. The fraction of sp³-hybridized carbons (Fsp3) is 0.417. The lowest BCUT2D eigenvalue weighted by Gasteiger charge is -2.23. The van der Waals surface area contributed by atoms with Gasteiger partial charge in [-0.1, -0.05) is 39.8 Å². The van der Waals surface area contributed by atoms with Crippen LogP contribution in [0.25, 0.3) is 0 Å². The first-order valence-electron chi connectivity index (χ1n) is 11.1. The third-order valence-corrected chi connectivity index (χ3v) is 5.41. The van der Waals surface area contributed by atoms with Crippen molar-refractivity contribution >= 4 is 23.8 Å². The summed E-state index contributed by atoms with van der Waals surface area (Å²) in [6, 6.07) is 7.85. The van der Waals surface area contributed by atoms with Crippen LogP contribution in [0.1, 0.15) is 69.6 Å². The molecular weight excluding hydrogens is 440 g/mol. The Kier molecular flexibility index (Phi) is 7.93. The molecule has 2 atom stereocenters. The Bertz CT molecular complexity index is 1010. The highest BCUT2D eigenvalue weighted by Gasteiger charge is 2.25. The van der Waals surface area contributed by atoms with Crippen molar-refractivity contribution in [3.05, 3.63) is 59.2 Å². The molecule has 0 saturated heterocycles. The molecule has 0 aromatic carbocycles. The van der Waals surface area contributed by atoms with E-state index in [1.54, 1.807) is 6.07 Å². The van der Waals surface area contributed by atoms with Crippen LogP contribution in [0.15, 0.2) is 36.4 Å². The molecule has 2 aromatic heterocycles. The fourth-order valence-electron chi connectivity index (χ4n) is 3.11. The molecule has 0 unspecified atom stereocenters. The van der Waals surface area contributed by atoms with E-state index in [0.29, 0.717) is 0 Å². The first-order valence-corrected chi connectivity index (χ1v) is 11.1. The molecule has 0 spiro atoms. The summed E-state index contributed by atoms with van der Waals surface area (Å²) in [5, 5.41) is 5.60. The number of fused-ring (bicyclic) bond motifs is 4. The number of esters is 2. The highest BCUT2D eigenvalue weighted by molar-refractivity contribution is 5.96. The molecule has 2 aromatic rings. The first-order chi connectivity index (χ1) is 16.2. The van der Waals surface area contributed by atoms with Crippen LogP contribution in [0.2, 0.25) is 0 Å². The van der Waals surface area contributed by atoms with Crippen LogP contribution in [0.3, 0.4) is 0 Å². The minimum Gasteiger partial charge on any atom is -0.459 e. The lowest BCUT2D eigenvalue weighted by molar-refractivity contribution is 0.0412. The van der Waals surface area contributed by atoms with Gasteiger partial charge >= 0.3 is 11.9 Å². The molecule has 3 heterocycles. The van der Waals surface area contributed by atoms with Gasteiger partial charge in [-0.3, -0.25) is 9.59 Å². The van der Waals surface area contributed by atoms with Crippen molar-refractivity contribution in [2.24, 2.45) is 11.8 Å². The van der Waals surface area contributed by atoms with Gasteiger partial charge in [0.05, 0.1) is 12.1 Å². The van der Waals surface area contributed by atoms with Gasteiger partial charge in [-0.25, -0.2) is 19.6 Å². The van der Waals surface area contributed by atoms with Crippen molar-refractivity contribution in [1.82, 2.24) is 20.6 Å². The Morgan fingerprint density at radius 1 is 0.676 bits per heavy atom. The van der Waals surface area contributed by atoms with E-state index in [2.05, 4.69) is 20.6 Å². The summed E-state index contributed by atoms with van der Waals surface area (Å²) < 4.78 is 10.7. The predicted molar refractivity (Wildman–Crippen MR) is 121 cm³/mol. The molecule has 2 amide bonds. The van der Waals surface area contributed by atoms with Crippen LogP contribution in [-0.2, 0) is 9.47 Å². The van der Waals surface area contributed by atoms with Crippen LogP contribution in [0, 0.1) is 11.8 Å². The maximum Gasteiger partial charge on any atom is 0.357 e. The minimum atomic E-state index is -0.733. The first kappa shape index (κ1) is 24.8. The Morgan fingerprint density at radius 3 is 1.41 bits per heavy atom. The van der Waals surface area contributed by atoms with E-state index in [-0.39, 0.29) is 47.8 Å². The van der Waals surface area contributed by atoms with E-state index >= 15 is 0 Å². The minimum absolute atomic E-state index is 0.0487. The van der Waals surface area contributed by atoms with Gasteiger partial charge in [-0.15, -0.1) is 0 Å². The molecule has 0 aliphatic carbocycles. The summed E-state index contributed by atoms with van der Waals surface area (Å²) in [5.74, 6) is -2.61. The molecule has 3 rings (SSSR count). The number of rotatable bonds is 2. The number of carbonyl (C=O) groups is 4. The van der Waals surface area contributed by atoms with E-state index in [9.17, 15) is 19.2 Å². The van der Waals surface area contributed by atoms with Crippen LogP contribution >= 0.6 is 0 Å². The Labute approximate surface area is 197 Å². The number of amides is 2. The smallest absolute Gasteiger partial charge is 0.357 e. The summed E-state index contributed by atoms with van der Waals surface area (Å²) in [6.07, 6.45) is 0. The van der Waals surface area contributed by atoms with Gasteiger partial charge in [0, 0.05) is 0 Å². The van der Waals surface area contributed by atoms with E-state index < -0.39 is 35.8 Å². The molecule has 0 saturated carbocycles. The highest BCUT2D eigenvalue weighted by atomic mass is 16.5. The zero-order valence-corrected chi connectivity index (χ0v) is 19.5. The maximum absolute atomic E-state index is 12.8. The van der Waals surface area contributed by atoms with E-state index in [4.69, 9.17) is 9.47 Å². The average Bonchev–Trinajstić information content (AvgIpc) is 2.82. The summed E-state index contributed by atoms with van der Waals surface area (Å²) in [7, 11) is 0. The molecular formula is C24H28N4O6. The van der Waals surface area contributed by atoms with Gasteiger partial charge in [-0.05, 0) is 36.1 Å². The van der Waals surface area contributed by atoms with Gasteiger partial charge in [-0.2, -0.15) is 0 Å². The summed E-state index contributed by atoms with van der Waals surface area (Å²) >= 11 is 0. The number of hydrogen-bond donors (Lipinski definition) is 2. The van der Waals surface area contributed by atoms with Crippen molar-refractivity contribution in [3.8, 4) is 0 Å². The molecule has 1 aliphatic rings. The summed E-state index contributed by atoms with van der Waals surface area (Å²) in [6.45, 7) is 7.22. The lowest BCUT2D eigenvalue weighted by Crippen LogP contribution is -2.44. The number of aromatic nitrogens is 2. The Morgan fingerprint density at radius 2 is 1.03 bits per heavy atom. The van der Waals surface area contributed by atoms with Crippen molar-refractivity contribution in [2.45, 2.75) is 39.8 Å². The molecule has 4 bridgehead atoms. The summed E-state index contributed by atoms with van der Waals surface area (Å²) in [5.41, 5.74) is -0.0276. The maximum atomic E-state index is 12.8. The van der Waals surface area contributed by atoms with Crippen molar-refractivity contribution in [1.29, 1.82) is 0 Å². The number of pyridine rings is 2. The number of hydrogen-bond acceptors (Lipinski definition) is 8. The second kappa shape index (κ2) is 10.9. The van der Waals surface area contributed by atoms with Crippen LogP contribution in [0.5, 0.6) is 0 Å². The second-order valence-electron chi connectivity index (χ2n) is 8.66. The van der Waals surface area contributed by atoms with Gasteiger partial charge in [0.15, 0.2) is 0 Å². The molecule has 10 heteroatoms. The van der Waals surface area contributed by atoms with Gasteiger partial charge in [0.25, 0.3) is 11.8 Å². The standard InChI is InChI=1S/C24H28N4O6/c1-13(2)19-11-33-23(31)17-9-6-10-18(26-17)24(32)34-12-20(14(3)4)28-22(30)16-8-5-7-15(25-16)21(29)27-19/h5-10,13-14,19-20H,11-12H2,1-4H3,(H,27,29)(H,28,30)/t19-,20-/m0/s1. The third-order valence-electron chi connectivity index (χ3n) is 5.41. The van der Waals surface area contributed by atoms with Gasteiger partial charge < -0.3 is 20.1 Å². The highest BCUT2D eigenvalue weighted by Crippen LogP contribution is 2.11. The molecule has 2 N–H and O–H groups in total. The number of cyclic esters (lactones) is 2. The number of carbonyl (C=O) groups excluding carboxylic acids is 4. The number of nitrogens with zero attached hydrogens (tertiary/aromatic N) is 2. The number of nitrogens with one attached hydrogen (secondary N) is 2. The predicted octanol–water partition coefficient (Wildman–Crippen LogP) is 2.01. The average molecular weight is 469 g/mol. The monoisotopic (exact) mass is 468 g/mol. The van der Waals surface area contributed by atoms with Crippen LogP contribution in [0.4, 0.5) is 0 Å². The summed E-state index contributed by atoms with van der Waals surface area (Å²) in [4.78, 5) is 58.9.